The number of fused-ring (bicyclic) bond motifs is 2. The quantitative estimate of drug-likeness (QED) is 0.859. The molecule has 0 aliphatic carbocycles. The maximum atomic E-state index is 11.6. The predicted molar refractivity (Wildman–Crippen MR) is 82.1 cm³/mol. The van der Waals surface area contributed by atoms with E-state index in [4.69, 9.17) is 4.74 Å². The number of hydrogen-bond acceptors (Lipinski definition) is 4. The van der Waals surface area contributed by atoms with E-state index in [0.29, 0.717) is 13.2 Å². The zero-order chi connectivity index (χ0) is 14.7. The minimum absolute atomic E-state index is 0.106. The summed E-state index contributed by atoms with van der Waals surface area (Å²) in [6, 6.07) is 8.79. The summed E-state index contributed by atoms with van der Waals surface area (Å²) in [5.74, 6) is -0.106. The Hall–Kier alpha value is -1.39. The Morgan fingerprint density at radius 3 is 2.86 bits per heavy atom. The van der Waals surface area contributed by atoms with E-state index in [1.807, 2.05) is 6.92 Å². The largest absolute Gasteiger partial charge is 0.465 e. The summed E-state index contributed by atoms with van der Waals surface area (Å²) < 4.78 is 5.04. The van der Waals surface area contributed by atoms with Gasteiger partial charge in [0.05, 0.1) is 13.2 Å². The van der Waals surface area contributed by atoms with Crippen molar-refractivity contribution in [1.29, 1.82) is 0 Å². The van der Waals surface area contributed by atoms with Gasteiger partial charge in [0, 0.05) is 25.2 Å². The Morgan fingerprint density at radius 1 is 1.33 bits per heavy atom. The highest BCUT2D eigenvalue weighted by Gasteiger charge is 2.39. The minimum atomic E-state index is -0.106. The maximum absolute atomic E-state index is 11.6. The van der Waals surface area contributed by atoms with Crippen molar-refractivity contribution in [1.82, 2.24) is 10.2 Å². The lowest BCUT2D eigenvalue weighted by Gasteiger charge is -2.46. The Balaban J connectivity index is 1.67. The summed E-state index contributed by atoms with van der Waals surface area (Å²) in [5.41, 5.74) is 3.06. The second kappa shape index (κ2) is 6.16. The molecule has 2 aliphatic rings. The fraction of sp³-hybridized carbons (Fsp3) is 0.588. The highest BCUT2D eigenvalue weighted by Crippen LogP contribution is 2.37. The van der Waals surface area contributed by atoms with Crippen LogP contribution >= 0.6 is 0 Å². The van der Waals surface area contributed by atoms with Crippen molar-refractivity contribution in [3.8, 4) is 0 Å². The van der Waals surface area contributed by atoms with E-state index in [9.17, 15) is 4.79 Å². The lowest BCUT2D eigenvalue weighted by molar-refractivity contribution is -0.144. The van der Waals surface area contributed by atoms with Crippen LogP contribution in [-0.4, -0.2) is 43.7 Å². The van der Waals surface area contributed by atoms with Crippen LogP contribution in [0.2, 0.25) is 0 Å². The molecule has 4 nitrogen and oxygen atoms in total. The molecule has 3 rings (SSSR count). The van der Waals surface area contributed by atoms with Crippen LogP contribution in [0.4, 0.5) is 0 Å². The minimum Gasteiger partial charge on any atom is -0.465 e. The van der Waals surface area contributed by atoms with Crippen molar-refractivity contribution >= 4 is 5.97 Å². The number of hydrogen-bond donors (Lipinski definition) is 1. The van der Waals surface area contributed by atoms with Gasteiger partial charge in [0.15, 0.2) is 0 Å². The number of carbonyl (C=O) groups excluding carboxylic acids is 1. The Bertz CT molecular complexity index is 507. The Labute approximate surface area is 126 Å². The molecule has 1 fully saturated rings. The fourth-order valence-electron chi connectivity index (χ4n) is 3.67. The van der Waals surface area contributed by atoms with Crippen LogP contribution in [0.3, 0.4) is 0 Å². The molecular weight excluding hydrogens is 264 g/mol. The van der Waals surface area contributed by atoms with Gasteiger partial charge in [-0.2, -0.15) is 0 Å². The predicted octanol–water partition coefficient (Wildman–Crippen LogP) is 1.69. The molecule has 1 aromatic rings. The summed E-state index contributed by atoms with van der Waals surface area (Å²) in [6.45, 7) is 5.68. The Morgan fingerprint density at radius 2 is 2.10 bits per heavy atom. The molecule has 0 radical (unpaired) electrons. The first-order valence-electron chi connectivity index (χ1n) is 7.95. The van der Waals surface area contributed by atoms with E-state index in [1.165, 1.54) is 11.1 Å². The second-order valence-electron chi connectivity index (χ2n) is 6.00. The second-order valence-corrected chi connectivity index (χ2v) is 6.00. The fourth-order valence-corrected chi connectivity index (χ4v) is 3.67. The van der Waals surface area contributed by atoms with Crippen LogP contribution in [0.1, 0.15) is 30.9 Å². The zero-order valence-electron chi connectivity index (χ0n) is 12.7. The highest BCUT2D eigenvalue weighted by atomic mass is 16.5. The summed E-state index contributed by atoms with van der Waals surface area (Å²) in [7, 11) is 0. The molecule has 0 amide bonds. The first-order valence-corrected chi connectivity index (χ1v) is 7.95. The third kappa shape index (κ3) is 2.97. The van der Waals surface area contributed by atoms with Gasteiger partial charge in [0.25, 0.3) is 0 Å². The van der Waals surface area contributed by atoms with Gasteiger partial charge in [-0.25, -0.2) is 0 Å². The van der Waals surface area contributed by atoms with Crippen molar-refractivity contribution < 1.29 is 9.53 Å². The smallest absolute Gasteiger partial charge is 0.320 e. The van der Waals surface area contributed by atoms with Gasteiger partial charge in [0.1, 0.15) is 0 Å². The molecule has 0 bridgehead atoms. The van der Waals surface area contributed by atoms with Gasteiger partial charge in [-0.1, -0.05) is 24.3 Å². The lowest BCUT2D eigenvalue weighted by Crippen LogP contribution is -2.54. The molecule has 1 N–H and O–H groups in total. The topological polar surface area (TPSA) is 41.6 Å². The van der Waals surface area contributed by atoms with Gasteiger partial charge < -0.3 is 10.1 Å². The van der Waals surface area contributed by atoms with Crippen LogP contribution in [-0.2, 0) is 21.5 Å². The number of rotatable bonds is 3. The summed E-state index contributed by atoms with van der Waals surface area (Å²) in [4.78, 5) is 13.8. The molecule has 0 saturated carbocycles. The molecule has 4 heteroatoms. The molecule has 1 aromatic carbocycles. The van der Waals surface area contributed by atoms with E-state index >= 15 is 0 Å². The molecule has 2 heterocycles. The summed E-state index contributed by atoms with van der Waals surface area (Å²) >= 11 is 0. The first-order chi connectivity index (χ1) is 10.2. The number of carbonyl (C=O) groups is 1. The molecule has 114 valence electrons. The highest BCUT2D eigenvalue weighted by molar-refractivity contribution is 5.71. The third-order valence-electron chi connectivity index (χ3n) is 4.76. The van der Waals surface area contributed by atoms with Crippen LogP contribution in [0.5, 0.6) is 0 Å². The van der Waals surface area contributed by atoms with E-state index in [1.54, 1.807) is 0 Å². The van der Waals surface area contributed by atoms with E-state index in [-0.39, 0.29) is 11.5 Å². The van der Waals surface area contributed by atoms with Crippen molar-refractivity contribution in [3.63, 3.8) is 0 Å². The molecule has 1 spiro atoms. The monoisotopic (exact) mass is 288 g/mol. The summed E-state index contributed by atoms with van der Waals surface area (Å²) in [5, 5.41) is 3.75. The van der Waals surface area contributed by atoms with E-state index < -0.39 is 0 Å². The van der Waals surface area contributed by atoms with Gasteiger partial charge in [-0.15, -0.1) is 0 Å². The molecule has 1 saturated heterocycles. The zero-order valence-corrected chi connectivity index (χ0v) is 12.7. The van der Waals surface area contributed by atoms with Crippen molar-refractivity contribution in [2.45, 2.75) is 31.7 Å². The van der Waals surface area contributed by atoms with Gasteiger partial charge in [-0.3, -0.25) is 9.69 Å². The van der Waals surface area contributed by atoms with Crippen molar-refractivity contribution in [3.05, 3.63) is 35.4 Å². The van der Waals surface area contributed by atoms with Crippen LogP contribution in [0.15, 0.2) is 24.3 Å². The molecule has 21 heavy (non-hydrogen) atoms. The number of nitrogens with zero attached hydrogens (tertiary/aromatic N) is 1. The van der Waals surface area contributed by atoms with Crippen LogP contribution < -0.4 is 5.32 Å². The molecule has 0 aromatic heterocycles. The standard InChI is InChI=1S/C17H24N2O2/c1-2-21-16(20)13-19-11-8-17(9-12-19)15-6-4-3-5-14(15)7-10-18-17/h3-6,18H,2,7-13H2,1H3. The van der Waals surface area contributed by atoms with Gasteiger partial charge >= 0.3 is 5.97 Å². The van der Waals surface area contributed by atoms with Crippen molar-refractivity contribution in [2.24, 2.45) is 0 Å². The molecule has 2 aliphatic heterocycles. The number of nitrogens with one attached hydrogen (secondary N) is 1. The summed E-state index contributed by atoms with van der Waals surface area (Å²) in [6.07, 6.45) is 3.23. The number of benzene rings is 1. The van der Waals surface area contributed by atoms with Gasteiger partial charge in [0.2, 0.25) is 0 Å². The number of likely N-dealkylation sites (tertiary alicyclic amines) is 1. The molecule has 0 atom stereocenters. The normalized spacial score (nSPS) is 21.0. The lowest BCUT2D eigenvalue weighted by atomic mass is 9.76. The van der Waals surface area contributed by atoms with Crippen LogP contribution in [0, 0.1) is 0 Å². The average molecular weight is 288 g/mol. The maximum Gasteiger partial charge on any atom is 0.320 e. The molecular formula is C17H24N2O2. The van der Waals surface area contributed by atoms with E-state index in [0.717, 1.165) is 38.9 Å². The number of ether oxygens (including phenoxy) is 1. The first kappa shape index (κ1) is 14.5. The van der Waals surface area contributed by atoms with Crippen molar-refractivity contribution in [2.75, 3.05) is 32.8 Å². The molecule has 0 unspecified atom stereocenters. The average Bonchev–Trinajstić information content (AvgIpc) is 2.51. The number of esters is 1. The third-order valence-corrected chi connectivity index (χ3v) is 4.76. The van der Waals surface area contributed by atoms with Crippen LogP contribution in [0.25, 0.3) is 0 Å². The van der Waals surface area contributed by atoms with E-state index in [2.05, 4.69) is 34.5 Å². The van der Waals surface area contributed by atoms with Gasteiger partial charge in [-0.05, 0) is 37.3 Å². The Kier molecular flexibility index (Phi) is 4.27. The number of piperidine rings is 1. The SMILES string of the molecule is CCOC(=O)CN1CCC2(CC1)NCCc1ccccc12.